The normalized spacial score (nSPS) is 13.1. The molecule has 18 heavy (non-hydrogen) atoms. The van der Waals surface area contributed by atoms with E-state index in [1.165, 1.54) is 5.56 Å². The van der Waals surface area contributed by atoms with Crippen molar-refractivity contribution < 1.29 is 14.6 Å². The summed E-state index contributed by atoms with van der Waals surface area (Å²) in [6.07, 6.45) is 0.785. The molecule has 1 atom stereocenters. The maximum absolute atomic E-state index is 11.5. The summed E-state index contributed by atoms with van der Waals surface area (Å²) < 4.78 is 5.07. The van der Waals surface area contributed by atoms with Gasteiger partial charge in [-0.1, -0.05) is 30.3 Å². The summed E-state index contributed by atoms with van der Waals surface area (Å²) in [4.78, 5) is 11.5. The Morgan fingerprint density at radius 3 is 2.44 bits per heavy atom. The van der Waals surface area contributed by atoms with Gasteiger partial charge in [-0.3, -0.25) is 4.79 Å². The molecule has 0 aliphatic rings. The van der Waals surface area contributed by atoms with Crippen LogP contribution >= 0.6 is 0 Å². The van der Waals surface area contributed by atoms with Gasteiger partial charge in [0.05, 0.1) is 11.5 Å². The van der Waals surface area contributed by atoms with Crippen LogP contribution in [-0.2, 0) is 16.0 Å². The number of hydrogen-bond donors (Lipinski definition) is 1. The molecule has 0 saturated carbocycles. The highest BCUT2D eigenvalue weighted by atomic mass is 16.5. The van der Waals surface area contributed by atoms with Crippen LogP contribution in [0, 0.1) is 5.41 Å². The maximum Gasteiger partial charge on any atom is 0.311 e. The Hall–Kier alpha value is -1.35. The van der Waals surface area contributed by atoms with Crippen molar-refractivity contribution in [2.75, 3.05) is 6.61 Å². The van der Waals surface area contributed by atoms with Crippen LogP contribution in [0.1, 0.15) is 32.8 Å². The molecule has 3 heteroatoms. The second-order valence-electron chi connectivity index (χ2n) is 5.53. The molecule has 0 unspecified atom stereocenters. The van der Waals surface area contributed by atoms with Crippen LogP contribution in [0.2, 0.25) is 0 Å². The second kappa shape index (κ2) is 6.55. The zero-order valence-electron chi connectivity index (χ0n) is 11.3. The molecular weight excluding hydrogens is 228 g/mol. The molecule has 0 fully saturated rings. The first-order chi connectivity index (χ1) is 8.39. The number of carbonyl (C=O) groups is 1. The minimum Gasteiger partial charge on any atom is -0.463 e. The molecule has 0 aromatic heterocycles. The molecule has 0 aliphatic carbocycles. The van der Waals surface area contributed by atoms with E-state index < -0.39 is 11.5 Å². The number of aryl methyl sites for hydroxylation is 1. The number of esters is 1. The lowest BCUT2D eigenvalue weighted by Crippen LogP contribution is -2.27. The van der Waals surface area contributed by atoms with Crippen molar-refractivity contribution in [3.63, 3.8) is 0 Å². The fourth-order valence-corrected chi connectivity index (χ4v) is 1.45. The van der Waals surface area contributed by atoms with Gasteiger partial charge >= 0.3 is 5.97 Å². The Kier molecular flexibility index (Phi) is 5.35. The molecule has 1 rings (SSSR count). The first kappa shape index (κ1) is 14.7. The molecule has 0 saturated heterocycles. The lowest BCUT2D eigenvalue weighted by molar-refractivity contribution is -0.156. The molecule has 0 aliphatic heterocycles. The molecule has 1 aromatic carbocycles. The number of ether oxygens (including phenoxy) is 1. The average Bonchev–Trinajstić information content (AvgIpc) is 2.33. The fraction of sp³-hybridized carbons (Fsp3) is 0.533. The molecule has 1 N–H and O–H groups in total. The predicted octanol–water partition coefficient (Wildman–Crippen LogP) is 2.57. The number of carbonyl (C=O) groups excluding carboxylic acids is 1. The zero-order valence-corrected chi connectivity index (χ0v) is 11.3. The number of aliphatic hydroxyl groups excluding tert-OH is 1. The lowest BCUT2D eigenvalue weighted by Gasteiger charge is -2.18. The Morgan fingerprint density at radius 2 is 1.89 bits per heavy atom. The number of benzene rings is 1. The minimum atomic E-state index is -0.600. The summed E-state index contributed by atoms with van der Waals surface area (Å²) >= 11 is 0. The monoisotopic (exact) mass is 250 g/mol. The van der Waals surface area contributed by atoms with Gasteiger partial charge in [0.1, 0.15) is 6.61 Å². The third kappa shape index (κ3) is 5.32. The van der Waals surface area contributed by atoms with Crippen LogP contribution in [0.4, 0.5) is 0 Å². The van der Waals surface area contributed by atoms with Gasteiger partial charge < -0.3 is 9.84 Å². The van der Waals surface area contributed by atoms with Crippen molar-refractivity contribution in [3.05, 3.63) is 35.9 Å². The quantitative estimate of drug-likeness (QED) is 0.817. The highest BCUT2D eigenvalue weighted by molar-refractivity contribution is 5.75. The molecule has 0 radical (unpaired) electrons. The highest BCUT2D eigenvalue weighted by Gasteiger charge is 2.23. The number of hydrogen-bond acceptors (Lipinski definition) is 3. The molecule has 3 nitrogen and oxygen atoms in total. The first-order valence-corrected chi connectivity index (χ1v) is 6.29. The van der Waals surface area contributed by atoms with Gasteiger partial charge in [-0.15, -0.1) is 0 Å². The van der Waals surface area contributed by atoms with Gasteiger partial charge in [0.2, 0.25) is 0 Å². The molecular formula is C15H22O3. The van der Waals surface area contributed by atoms with E-state index in [9.17, 15) is 9.90 Å². The largest absolute Gasteiger partial charge is 0.463 e. The van der Waals surface area contributed by atoms with Gasteiger partial charge in [-0.25, -0.2) is 0 Å². The summed E-state index contributed by atoms with van der Waals surface area (Å²) in [6.45, 7) is 5.46. The van der Waals surface area contributed by atoms with E-state index in [4.69, 9.17) is 4.74 Å². The van der Waals surface area contributed by atoms with Crippen molar-refractivity contribution in [2.45, 2.75) is 39.7 Å². The van der Waals surface area contributed by atoms with Crippen molar-refractivity contribution in [3.8, 4) is 0 Å². The van der Waals surface area contributed by atoms with E-state index in [2.05, 4.69) is 0 Å². The topological polar surface area (TPSA) is 46.5 Å². The van der Waals surface area contributed by atoms with E-state index in [0.717, 1.165) is 6.42 Å². The average molecular weight is 250 g/mol. The van der Waals surface area contributed by atoms with E-state index in [0.29, 0.717) is 6.42 Å². The van der Waals surface area contributed by atoms with Gasteiger partial charge in [-0.2, -0.15) is 0 Å². The van der Waals surface area contributed by atoms with Crippen molar-refractivity contribution >= 4 is 5.97 Å². The van der Waals surface area contributed by atoms with Crippen LogP contribution < -0.4 is 0 Å². The molecule has 1 aromatic rings. The number of rotatable bonds is 5. The van der Waals surface area contributed by atoms with Crippen molar-refractivity contribution in [1.29, 1.82) is 0 Å². The second-order valence-corrected chi connectivity index (χ2v) is 5.53. The minimum absolute atomic E-state index is 0.0724. The molecule has 0 bridgehead atoms. The Balaban J connectivity index is 2.26. The maximum atomic E-state index is 11.5. The summed E-state index contributed by atoms with van der Waals surface area (Å²) in [5.74, 6) is -0.277. The van der Waals surface area contributed by atoms with Gasteiger partial charge in [0.15, 0.2) is 0 Å². The summed E-state index contributed by atoms with van der Waals surface area (Å²) in [5, 5.41) is 9.75. The highest BCUT2D eigenvalue weighted by Crippen LogP contribution is 2.15. The van der Waals surface area contributed by atoms with Crippen LogP contribution in [0.15, 0.2) is 30.3 Å². The van der Waals surface area contributed by atoms with Crippen molar-refractivity contribution in [1.82, 2.24) is 0 Å². The van der Waals surface area contributed by atoms with Gasteiger partial charge in [0, 0.05) is 0 Å². The Morgan fingerprint density at radius 1 is 1.28 bits per heavy atom. The molecule has 0 heterocycles. The predicted molar refractivity (Wildman–Crippen MR) is 71.2 cm³/mol. The standard InChI is InChI=1S/C15H22O3/c1-15(2,3)14(17)18-11-13(16)10-9-12-7-5-4-6-8-12/h4-8,13,16H,9-11H2,1-3H3/t13-/m1/s1. The Bertz CT molecular complexity index is 365. The van der Waals surface area contributed by atoms with Crippen LogP contribution in [-0.4, -0.2) is 23.8 Å². The summed E-state index contributed by atoms with van der Waals surface area (Å²) in [6, 6.07) is 9.95. The number of aliphatic hydroxyl groups is 1. The Labute approximate surface area is 109 Å². The molecule has 0 amide bonds. The van der Waals surface area contributed by atoms with Crippen LogP contribution in [0.25, 0.3) is 0 Å². The van der Waals surface area contributed by atoms with E-state index in [1.807, 2.05) is 30.3 Å². The van der Waals surface area contributed by atoms with Crippen molar-refractivity contribution in [2.24, 2.45) is 5.41 Å². The van der Waals surface area contributed by atoms with Gasteiger partial charge in [-0.05, 0) is 39.2 Å². The van der Waals surface area contributed by atoms with E-state index in [-0.39, 0.29) is 12.6 Å². The zero-order chi connectivity index (χ0) is 13.6. The van der Waals surface area contributed by atoms with E-state index in [1.54, 1.807) is 20.8 Å². The lowest BCUT2D eigenvalue weighted by atomic mass is 9.97. The fourth-order valence-electron chi connectivity index (χ4n) is 1.45. The molecule has 100 valence electrons. The summed E-state index contributed by atoms with van der Waals surface area (Å²) in [5.41, 5.74) is 0.665. The summed E-state index contributed by atoms with van der Waals surface area (Å²) in [7, 11) is 0. The van der Waals surface area contributed by atoms with Crippen LogP contribution in [0.3, 0.4) is 0 Å². The smallest absolute Gasteiger partial charge is 0.311 e. The SMILES string of the molecule is CC(C)(C)C(=O)OC[C@H](O)CCc1ccccc1. The molecule has 0 spiro atoms. The van der Waals surface area contributed by atoms with Gasteiger partial charge in [0.25, 0.3) is 0 Å². The van der Waals surface area contributed by atoms with Crippen LogP contribution in [0.5, 0.6) is 0 Å². The van der Waals surface area contributed by atoms with E-state index >= 15 is 0 Å². The third-order valence-electron chi connectivity index (χ3n) is 2.63. The first-order valence-electron chi connectivity index (χ1n) is 6.29. The third-order valence-corrected chi connectivity index (χ3v) is 2.63.